The number of carbonyl (C=O) groups excluding carboxylic acids is 1. The molecule has 5 rings (SSSR count). The van der Waals surface area contributed by atoms with Crippen molar-refractivity contribution in [1.29, 1.82) is 5.26 Å². The van der Waals surface area contributed by atoms with Crippen LogP contribution in [0.1, 0.15) is 18.1 Å². The number of aromatic nitrogens is 4. The zero-order chi connectivity index (χ0) is 24.4. The lowest BCUT2D eigenvalue weighted by Crippen LogP contribution is -2.22. The zero-order valence-corrected chi connectivity index (χ0v) is 19.6. The van der Waals surface area contributed by atoms with Gasteiger partial charge in [-0.2, -0.15) is 5.26 Å². The molecule has 0 bridgehead atoms. The second-order valence-electron chi connectivity index (χ2n) is 7.79. The highest BCUT2D eigenvalue weighted by molar-refractivity contribution is 7.99. The first-order valence-corrected chi connectivity index (χ1v) is 12.0. The number of carbonyl (C=O) groups is 1. The van der Waals surface area contributed by atoms with Gasteiger partial charge in [-0.15, -0.1) is 10.2 Å². The molecule has 0 saturated heterocycles. The van der Waals surface area contributed by atoms with Gasteiger partial charge in [0.05, 0.1) is 33.6 Å². The largest absolute Gasteiger partial charge is 0.324 e. The number of hydrogen-bond acceptors (Lipinski definition) is 6. The lowest BCUT2D eigenvalue weighted by atomic mass is 10.1. The van der Waals surface area contributed by atoms with E-state index in [2.05, 4.69) is 28.5 Å². The number of aryl methyl sites for hydroxylation is 1. The summed E-state index contributed by atoms with van der Waals surface area (Å²) in [5.41, 5.74) is 3.19. The van der Waals surface area contributed by atoms with Gasteiger partial charge in [0.2, 0.25) is 11.7 Å². The van der Waals surface area contributed by atoms with Crippen LogP contribution < -0.4 is 10.9 Å². The summed E-state index contributed by atoms with van der Waals surface area (Å²) in [5, 5.41) is 21.6. The Morgan fingerprint density at radius 2 is 1.77 bits per heavy atom. The molecule has 0 saturated carbocycles. The molecule has 35 heavy (non-hydrogen) atoms. The minimum atomic E-state index is -0.276. The molecule has 0 atom stereocenters. The van der Waals surface area contributed by atoms with Crippen molar-refractivity contribution in [3.63, 3.8) is 0 Å². The average molecular weight is 481 g/mol. The average Bonchev–Trinajstić information content (AvgIpc) is 3.32. The molecule has 8 nitrogen and oxygen atoms in total. The molecule has 1 N–H and O–H groups in total. The van der Waals surface area contributed by atoms with Crippen LogP contribution in [-0.4, -0.2) is 30.8 Å². The quantitative estimate of drug-likeness (QED) is 0.365. The van der Waals surface area contributed by atoms with Crippen molar-refractivity contribution in [3.05, 3.63) is 94.3 Å². The molecule has 0 spiro atoms. The molecule has 3 aromatic carbocycles. The fraction of sp³-hybridized carbons (Fsp3) is 0.115. The Balaban J connectivity index is 1.54. The SMILES string of the molecule is CCc1ccc(-n2c(=O)c3ccccc3n3c(SCC(=O)Nc4ccccc4C#N)nnc23)cc1. The standard InChI is InChI=1S/C26H20N6O2S/c1-2-17-11-13-19(14-12-17)31-24(34)20-8-4-6-10-22(20)32-25(31)29-30-26(32)35-16-23(33)28-21-9-5-3-7-18(21)15-27/h3-14H,2,16H2,1H3,(H,28,33). The Labute approximate surface area is 204 Å². The molecule has 0 aliphatic heterocycles. The van der Waals surface area contributed by atoms with Crippen molar-refractivity contribution in [2.75, 3.05) is 11.1 Å². The third-order valence-corrected chi connectivity index (χ3v) is 6.58. The number of nitrogens with one attached hydrogen (secondary N) is 1. The van der Waals surface area contributed by atoms with E-state index in [-0.39, 0.29) is 17.2 Å². The van der Waals surface area contributed by atoms with Gasteiger partial charge in [-0.05, 0) is 48.4 Å². The number of benzene rings is 3. The molecular weight excluding hydrogens is 460 g/mol. The Bertz CT molecular complexity index is 1660. The molecule has 2 aromatic heterocycles. The monoisotopic (exact) mass is 480 g/mol. The van der Waals surface area contributed by atoms with E-state index in [1.165, 1.54) is 17.3 Å². The number of hydrogen-bond donors (Lipinski definition) is 1. The number of anilines is 1. The van der Waals surface area contributed by atoms with Gasteiger partial charge in [0.15, 0.2) is 5.16 Å². The molecule has 0 fully saturated rings. The summed E-state index contributed by atoms with van der Waals surface area (Å²) in [7, 11) is 0. The first-order valence-electron chi connectivity index (χ1n) is 11.0. The van der Waals surface area contributed by atoms with Gasteiger partial charge in [-0.25, -0.2) is 4.57 Å². The number of amides is 1. The van der Waals surface area contributed by atoms with Gasteiger partial charge in [0.25, 0.3) is 5.56 Å². The first-order chi connectivity index (χ1) is 17.1. The number of para-hydroxylation sites is 2. The van der Waals surface area contributed by atoms with Gasteiger partial charge in [0, 0.05) is 0 Å². The molecule has 0 aliphatic carbocycles. The maximum atomic E-state index is 13.4. The highest BCUT2D eigenvalue weighted by Gasteiger charge is 2.19. The van der Waals surface area contributed by atoms with Crippen molar-refractivity contribution in [2.24, 2.45) is 0 Å². The number of nitriles is 1. The molecular formula is C26H20N6O2S. The summed E-state index contributed by atoms with van der Waals surface area (Å²) in [4.78, 5) is 26.0. The molecule has 1 amide bonds. The summed E-state index contributed by atoms with van der Waals surface area (Å²) in [6, 6.07) is 24.0. The molecule has 9 heteroatoms. The highest BCUT2D eigenvalue weighted by atomic mass is 32.2. The fourth-order valence-electron chi connectivity index (χ4n) is 3.89. The van der Waals surface area contributed by atoms with Crippen molar-refractivity contribution in [1.82, 2.24) is 19.2 Å². The van der Waals surface area contributed by atoms with Gasteiger partial charge in [-0.1, -0.05) is 55.1 Å². The molecule has 0 unspecified atom stereocenters. The number of thioether (sulfide) groups is 1. The predicted molar refractivity (Wildman–Crippen MR) is 136 cm³/mol. The van der Waals surface area contributed by atoms with Gasteiger partial charge < -0.3 is 5.32 Å². The van der Waals surface area contributed by atoms with Crippen LogP contribution in [0.2, 0.25) is 0 Å². The van der Waals surface area contributed by atoms with E-state index in [1.807, 2.05) is 42.5 Å². The van der Waals surface area contributed by atoms with E-state index in [0.717, 1.165) is 6.42 Å². The van der Waals surface area contributed by atoms with E-state index in [0.29, 0.717) is 38.8 Å². The Morgan fingerprint density at radius 3 is 2.54 bits per heavy atom. The zero-order valence-electron chi connectivity index (χ0n) is 18.8. The maximum absolute atomic E-state index is 13.4. The number of nitrogens with zero attached hydrogens (tertiary/aromatic N) is 5. The highest BCUT2D eigenvalue weighted by Crippen LogP contribution is 2.24. The molecule has 2 heterocycles. The lowest BCUT2D eigenvalue weighted by Gasteiger charge is -2.12. The third-order valence-electron chi connectivity index (χ3n) is 5.65. The minimum Gasteiger partial charge on any atom is -0.324 e. The predicted octanol–water partition coefficient (Wildman–Crippen LogP) is 4.20. The topological polar surface area (TPSA) is 105 Å². The van der Waals surface area contributed by atoms with Gasteiger partial charge in [-0.3, -0.25) is 14.0 Å². The van der Waals surface area contributed by atoms with E-state index in [4.69, 9.17) is 0 Å². The van der Waals surface area contributed by atoms with Crippen LogP contribution in [0, 0.1) is 11.3 Å². The van der Waals surface area contributed by atoms with E-state index < -0.39 is 0 Å². The van der Waals surface area contributed by atoms with E-state index in [1.54, 1.807) is 39.3 Å². The molecule has 0 aliphatic rings. The fourth-order valence-corrected chi connectivity index (χ4v) is 4.63. The van der Waals surface area contributed by atoms with Crippen LogP contribution in [-0.2, 0) is 11.2 Å². The number of rotatable bonds is 6. The lowest BCUT2D eigenvalue weighted by molar-refractivity contribution is -0.113. The Morgan fingerprint density at radius 1 is 1.03 bits per heavy atom. The Kier molecular flexibility index (Phi) is 6.04. The van der Waals surface area contributed by atoms with Crippen LogP contribution in [0.25, 0.3) is 22.4 Å². The normalized spacial score (nSPS) is 11.0. The Hall–Kier alpha value is -4.42. The van der Waals surface area contributed by atoms with E-state index in [9.17, 15) is 14.9 Å². The summed E-state index contributed by atoms with van der Waals surface area (Å²) >= 11 is 1.21. The summed E-state index contributed by atoms with van der Waals surface area (Å²) in [6.45, 7) is 2.08. The van der Waals surface area contributed by atoms with Crippen LogP contribution in [0.3, 0.4) is 0 Å². The summed E-state index contributed by atoms with van der Waals surface area (Å²) < 4.78 is 3.34. The number of fused-ring (bicyclic) bond motifs is 3. The second kappa shape index (κ2) is 9.44. The van der Waals surface area contributed by atoms with Crippen molar-refractivity contribution in [2.45, 2.75) is 18.5 Å². The molecule has 0 radical (unpaired) electrons. The van der Waals surface area contributed by atoms with Crippen LogP contribution >= 0.6 is 11.8 Å². The van der Waals surface area contributed by atoms with Crippen LogP contribution in [0.15, 0.2) is 82.7 Å². The van der Waals surface area contributed by atoms with Crippen LogP contribution in [0.5, 0.6) is 0 Å². The smallest absolute Gasteiger partial charge is 0.267 e. The maximum Gasteiger partial charge on any atom is 0.267 e. The summed E-state index contributed by atoms with van der Waals surface area (Å²) in [6.07, 6.45) is 0.898. The van der Waals surface area contributed by atoms with E-state index >= 15 is 0 Å². The van der Waals surface area contributed by atoms with Gasteiger partial charge in [0.1, 0.15) is 6.07 Å². The molecule has 172 valence electrons. The van der Waals surface area contributed by atoms with Crippen molar-refractivity contribution < 1.29 is 4.79 Å². The van der Waals surface area contributed by atoms with Crippen molar-refractivity contribution in [3.8, 4) is 11.8 Å². The second-order valence-corrected chi connectivity index (χ2v) is 8.73. The molecule has 5 aromatic rings. The third kappa shape index (κ3) is 4.16. The van der Waals surface area contributed by atoms with Crippen LogP contribution in [0.4, 0.5) is 5.69 Å². The van der Waals surface area contributed by atoms with Crippen molar-refractivity contribution >= 4 is 40.0 Å². The minimum absolute atomic E-state index is 0.0548. The first kappa shape index (κ1) is 22.4. The summed E-state index contributed by atoms with van der Waals surface area (Å²) in [5.74, 6) is 0.150. The van der Waals surface area contributed by atoms with Gasteiger partial charge >= 0.3 is 0 Å².